The van der Waals surface area contributed by atoms with E-state index < -0.39 is 12.1 Å². The smallest absolute Gasteiger partial charge is 0.339 e. The van der Waals surface area contributed by atoms with Crippen LogP contribution < -0.4 is 0 Å². The summed E-state index contributed by atoms with van der Waals surface area (Å²) < 4.78 is 16.2. The summed E-state index contributed by atoms with van der Waals surface area (Å²) in [4.78, 5) is 36.9. The van der Waals surface area contributed by atoms with Gasteiger partial charge >= 0.3 is 17.9 Å². The third kappa shape index (κ3) is 8.69. The largest absolute Gasteiger partial charge is 0.462 e. The summed E-state index contributed by atoms with van der Waals surface area (Å²) >= 11 is 0. The maximum absolute atomic E-state index is 12.9. The summed E-state index contributed by atoms with van der Waals surface area (Å²) in [6.07, 6.45) is 5.17. The molecule has 0 amide bonds. The van der Waals surface area contributed by atoms with Crippen LogP contribution in [0.1, 0.15) is 75.6 Å². The van der Waals surface area contributed by atoms with Gasteiger partial charge in [0.2, 0.25) is 0 Å². The third-order valence-corrected chi connectivity index (χ3v) is 5.11. The van der Waals surface area contributed by atoms with Crippen LogP contribution in [-0.2, 0) is 23.8 Å². The van der Waals surface area contributed by atoms with E-state index >= 15 is 0 Å². The van der Waals surface area contributed by atoms with Gasteiger partial charge in [-0.05, 0) is 29.7 Å². The maximum atomic E-state index is 12.9. The van der Waals surface area contributed by atoms with E-state index in [1.165, 1.54) is 0 Å². The van der Waals surface area contributed by atoms with E-state index in [4.69, 9.17) is 14.2 Å². The standard InChI is InChI=1S/C26H34O6/c1-3-5-7-16-24(27)30-18-21(19-31-25(28)17-8-6-4-2)32-26(29)23-15-11-13-20-12-9-10-14-22(20)23/h9-15,21H,3-8,16-19H2,1-2H3. The number of benzene rings is 2. The summed E-state index contributed by atoms with van der Waals surface area (Å²) in [6.45, 7) is 3.82. The second-order valence-electron chi connectivity index (χ2n) is 7.83. The van der Waals surface area contributed by atoms with Crippen LogP contribution in [-0.4, -0.2) is 37.2 Å². The lowest BCUT2D eigenvalue weighted by atomic mass is 10.0. The summed E-state index contributed by atoms with van der Waals surface area (Å²) in [5, 5.41) is 1.69. The Morgan fingerprint density at radius 1 is 0.750 bits per heavy atom. The first-order valence-corrected chi connectivity index (χ1v) is 11.5. The molecule has 0 spiro atoms. The van der Waals surface area contributed by atoms with Crippen molar-refractivity contribution in [1.29, 1.82) is 0 Å². The van der Waals surface area contributed by atoms with E-state index in [0.717, 1.165) is 49.3 Å². The molecule has 32 heavy (non-hydrogen) atoms. The number of hydrogen-bond acceptors (Lipinski definition) is 6. The van der Waals surface area contributed by atoms with Gasteiger partial charge in [-0.2, -0.15) is 0 Å². The van der Waals surface area contributed by atoms with Gasteiger partial charge in [0.25, 0.3) is 0 Å². The summed E-state index contributed by atoms with van der Waals surface area (Å²) in [6, 6.07) is 12.9. The van der Waals surface area contributed by atoms with Gasteiger partial charge in [0.15, 0.2) is 6.10 Å². The second-order valence-corrected chi connectivity index (χ2v) is 7.83. The lowest BCUT2D eigenvalue weighted by Gasteiger charge is -2.19. The fourth-order valence-electron chi connectivity index (χ4n) is 3.29. The molecule has 0 unspecified atom stereocenters. The van der Waals surface area contributed by atoms with Crippen LogP contribution in [0.2, 0.25) is 0 Å². The van der Waals surface area contributed by atoms with Gasteiger partial charge < -0.3 is 14.2 Å². The molecule has 0 N–H and O–H groups in total. The molecule has 6 heteroatoms. The van der Waals surface area contributed by atoms with Crippen LogP contribution in [0.4, 0.5) is 0 Å². The predicted octanol–water partition coefficient (Wildman–Crippen LogP) is 5.61. The number of fused-ring (bicyclic) bond motifs is 1. The molecule has 0 aliphatic heterocycles. The molecule has 2 rings (SSSR count). The third-order valence-electron chi connectivity index (χ3n) is 5.11. The molecule has 2 aromatic rings. The number of rotatable bonds is 14. The number of esters is 3. The number of carbonyl (C=O) groups is 3. The molecule has 0 aliphatic carbocycles. The molecule has 174 valence electrons. The Kier molecular flexibility index (Phi) is 11.3. The minimum Gasteiger partial charge on any atom is -0.462 e. The van der Waals surface area contributed by atoms with Gasteiger partial charge in [0, 0.05) is 12.8 Å². The lowest BCUT2D eigenvalue weighted by Crippen LogP contribution is -2.31. The second kappa shape index (κ2) is 14.2. The van der Waals surface area contributed by atoms with Crippen molar-refractivity contribution < 1.29 is 28.6 Å². The van der Waals surface area contributed by atoms with Crippen molar-refractivity contribution >= 4 is 28.7 Å². The van der Waals surface area contributed by atoms with Crippen molar-refractivity contribution in [2.75, 3.05) is 13.2 Å². The molecular weight excluding hydrogens is 408 g/mol. The molecule has 0 aliphatic rings. The zero-order valence-corrected chi connectivity index (χ0v) is 19.1. The van der Waals surface area contributed by atoms with Crippen molar-refractivity contribution in [2.24, 2.45) is 0 Å². The average molecular weight is 443 g/mol. The number of ether oxygens (including phenoxy) is 3. The van der Waals surface area contributed by atoms with Crippen molar-refractivity contribution in [3.8, 4) is 0 Å². The minimum absolute atomic E-state index is 0.149. The van der Waals surface area contributed by atoms with Crippen molar-refractivity contribution in [3.05, 3.63) is 48.0 Å². The molecule has 0 bridgehead atoms. The molecule has 0 atom stereocenters. The highest BCUT2D eigenvalue weighted by Gasteiger charge is 2.21. The first-order chi connectivity index (χ1) is 15.5. The first kappa shape index (κ1) is 25.4. The molecule has 0 saturated heterocycles. The Balaban J connectivity index is 2.01. The molecule has 2 aromatic carbocycles. The van der Waals surface area contributed by atoms with Crippen LogP contribution in [0, 0.1) is 0 Å². The summed E-state index contributed by atoms with van der Waals surface area (Å²) in [5.41, 5.74) is 0.414. The Hall–Kier alpha value is -2.89. The fraction of sp³-hybridized carbons (Fsp3) is 0.500. The molecule has 0 radical (unpaired) electrons. The Bertz CT molecular complexity index is 844. The fourth-order valence-corrected chi connectivity index (χ4v) is 3.29. The zero-order valence-electron chi connectivity index (χ0n) is 19.1. The molecule has 0 saturated carbocycles. The van der Waals surface area contributed by atoms with Crippen molar-refractivity contribution in [1.82, 2.24) is 0 Å². The van der Waals surface area contributed by atoms with E-state index in [1.807, 2.05) is 30.3 Å². The molecule has 0 fully saturated rings. The number of hydrogen-bond donors (Lipinski definition) is 0. The number of unbranched alkanes of at least 4 members (excludes halogenated alkanes) is 4. The zero-order chi connectivity index (χ0) is 23.2. The number of carbonyl (C=O) groups excluding carboxylic acids is 3. The van der Waals surface area contributed by atoms with Crippen molar-refractivity contribution in [3.63, 3.8) is 0 Å². The Morgan fingerprint density at radius 2 is 1.31 bits per heavy atom. The molecule has 0 aromatic heterocycles. The quantitative estimate of drug-likeness (QED) is 0.215. The predicted molar refractivity (Wildman–Crippen MR) is 123 cm³/mol. The van der Waals surface area contributed by atoms with E-state index in [2.05, 4.69) is 13.8 Å². The van der Waals surface area contributed by atoms with Crippen LogP contribution in [0.25, 0.3) is 10.8 Å². The van der Waals surface area contributed by atoms with Crippen LogP contribution in [0.5, 0.6) is 0 Å². The Labute approximate surface area is 190 Å². The maximum Gasteiger partial charge on any atom is 0.339 e. The highest BCUT2D eigenvalue weighted by atomic mass is 16.6. The highest BCUT2D eigenvalue weighted by Crippen LogP contribution is 2.20. The SMILES string of the molecule is CCCCCC(=O)OCC(COC(=O)CCCCC)OC(=O)c1cccc2ccccc12. The summed E-state index contributed by atoms with van der Waals surface area (Å²) in [7, 11) is 0. The highest BCUT2D eigenvalue weighted by molar-refractivity contribution is 6.04. The van der Waals surface area contributed by atoms with Gasteiger partial charge in [0.05, 0.1) is 5.56 Å². The van der Waals surface area contributed by atoms with Crippen molar-refractivity contribution in [2.45, 2.75) is 71.3 Å². The molecular formula is C26H34O6. The van der Waals surface area contributed by atoms with Crippen LogP contribution in [0.3, 0.4) is 0 Å². The average Bonchev–Trinajstić information content (AvgIpc) is 2.80. The van der Waals surface area contributed by atoms with E-state index in [0.29, 0.717) is 18.4 Å². The van der Waals surface area contributed by atoms with Gasteiger partial charge in [-0.3, -0.25) is 9.59 Å². The van der Waals surface area contributed by atoms with E-state index in [-0.39, 0.29) is 25.2 Å². The van der Waals surface area contributed by atoms with Crippen LogP contribution >= 0.6 is 0 Å². The topological polar surface area (TPSA) is 78.9 Å². The van der Waals surface area contributed by atoms with Gasteiger partial charge in [0.1, 0.15) is 13.2 Å². The van der Waals surface area contributed by atoms with E-state index in [1.54, 1.807) is 12.1 Å². The Morgan fingerprint density at radius 3 is 1.91 bits per heavy atom. The van der Waals surface area contributed by atoms with Gasteiger partial charge in [-0.1, -0.05) is 75.9 Å². The lowest BCUT2D eigenvalue weighted by molar-refractivity contribution is -0.152. The van der Waals surface area contributed by atoms with Gasteiger partial charge in [-0.25, -0.2) is 4.79 Å². The normalized spacial score (nSPS) is 10.8. The van der Waals surface area contributed by atoms with E-state index in [9.17, 15) is 14.4 Å². The monoisotopic (exact) mass is 442 g/mol. The summed E-state index contributed by atoms with van der Waals surface area (Å²) in [5.74, 6) is -1.24. The van der Waals surface area contributed by atoms with Gasteiger partial charge in [-0.15, -0.1) is 0 Å². The first-order valence-electron chi connectivity index (χ1n) is 11.5. The molecule has 6 nitrogen and oxygen atoms in total. The van der Waals surface area contributed by atoms with Crippen LogP contribution in [0.15, 0.2) is 42.5 Å². The molecule has 0 heterocycles. The minimum atomic E-state index is -0.869.